The molecule has 0 radical (unpaired) electrons. The van der Waals surface area contributed by atoms with E-state index in [2.05, 4.69) is 65.0 Å². The van der Waals surface area contributed by atoms with E-state index in [1.54, 1.807) is 6.07 Å². The van der Waals surface area contributed by atoms with Crippen LogP contribution in [0.5, 0.6) is 5.75 Å². The topological polar surface area (TPSA) is 50.9 Å². The molecule has 158 valence electrons. The first kappa shape index (κ1) is 19.3. The van der Waals surface area contributed by atoms with Gasteiger partial charge in [0.05, 0.1) is 16.9 Å². The molecule has 0 saturated carbocycles. The van der Waals surface area contributed by atoms with Crippen molar-refractivity contribution < 1.29 is 5.11 Å². The maximum atomic E-state index is 10.4. The van der Waals surface area contributed by atoms with Crippen molar-refractivity contribution in [3.8, 4) is 34.0 Å². The van der Waals surface area contributed by atoms with Gasteiger partial charge >= 0.3 is 0 Å². The standard InChI is InChI=1S/C29H21N3O/c1-19-16-20(25-10-6-7-15-30-25)18-21(17-19)32-27-11-4-2-8-22(27)23-13-14-26(31-29(23)32)24-9-3-5-12-28(24)33/h2-18,33H,1H3. The molecular formula is C29H21N3O. The lowest BCUT2D eigenvalue weighted by Gasteiger charge is -2.12. The van der Waals surface area contributed by atoms with E-state index < -0.39 is 0 Å². The van der Waals surface area contributed by atoms with Crippen LogP contribution in [0.25, 0.3) is 50.1 Å². The minimum absolute atomic E-state index is 0.222. The Kier molecular flexibility index (Phi) is 4.44. The number of hydrogen-bond donors (Lipinski definition) is 1. The summed E-state index contributed by atoms with van der Waals surface area (Å²) in [5.74, 6) is 0.222. The second kappa shape index (κ2) is 7.61. The highest BCUT2D eigenvalue weighted by atomic mass is 16.3. The van der Waals surface area contributed by atoms with E-state index in [0.717, 1.165) is 55.7 Å². The van der Waals surface area contributed by atoms with Crippen molar-refractivity contribution in [2.75, 3.05) is 0 Å². The quantitative estimate of drug-likeness (QED) is 0.333. The minimum atomic E-state index is 0.222. The Balaban J connectivity index is 1.66. The Hall–Kier alpha value is -4.44. The monoisotopic (exact) mass is 427 g/mol. The van der Waals surface area contributed by atoms with Gasteiger partial charge in [-0.25, -0.2) is 4.98 Å². The van der Waals surface area contributed by atoms with Crippen LogP contribution in [0.3, 0.4) is 0 Å². The third-order valence-electron chi connectivity index (χ3n) is 5.98. The Bertz CT molecular complexity index is 1630. The van der Waals surface area contributed by atoms with E-state index in [1.807, 2.05) is 48.7 Å². The van der Waals surface area contributed by atoms with Crippen LogP contribution in [0.1, 0.15) is 5.56 Å². The van der Waals surface area contributed by atoms with E-state index >= 15 is 0 Å². The van der Waals surface area contributed by atoms with Gasteiger partial charge in [-0.05, 0) is 73.2 Å². The number of fused-ring (bicyclic) bond motifs is 3. The molecule has 0 aliphatic heterocycles. The summed E-state index contributed by atoms with van der Waals surface area (Å²) in [6, 6.07) is 32.2. The molecule has 0 saturated heterocycles. The molecule has 6 aromatic rings. The van der Waals surface area contributed by atoms with Gasteiger partial charge in [0.1, 0.15) is 11.4 Å². The fraction of sp³-hybridized carbons (Fsp3) is 0.0345. The second-order valence-electron chi connectivity index (χ2n) is 8.21. The third-order valence-corrected chi connectivity index (χ3v) is 5.98. The SMILES string of the molecule is Cc1cc(-c2ccccn2)cc(-n2c3ccccc3c3ccc(-c4ccccc4O)nc32)c1. The van der Waals surface area contributed by atoms with Gasteiger partial charge in [-0.2, -0.15) is 0 Å². The van der Waals surface area contributed by atoms with Gasteiger partial charge in [0.25, 0.3) is 0 Å². The number of nitrogens with zero attached hydrogens (tertiary/aromatic N) is 3. The number of aromatic hydroxyl groups is 1. The molecular weight excluding hydrogens is 406 g/mol. The molecule has 1 N–H and O–H groups in total. The highest BCUT2D eigenvalue weighted by Crippen LogP contribution is 2.35. The largest absolute Gasteiger partial charge is 0.507 e. The third kappa shape index (κ3) is 3.24. The number of para-hydroxylation sites is 2. The van der Waals surface area contributed by atoms with Crippen molar-refractivity contribution >= 4 is 21.9 Å². The number of aromatic nitrogens is 3. The van der Waals surface area contributed by atoms with Crippen molar-refractivity contribution in [3.05, 3.63) is 109 Å². The van der Waals surface area contributed by atoms with E-state index in [-0.39, 0.29) is 5.75 Å². The van der Waals surface area contributed by atoms with Crippen LogP contribution < -0.4 is 0 Å². The van der Waals surface area contributed by atoms with Crippen molar-refractivity contribution in [3.63, 3.8) is 0 Å². The maximum absolute atomic E-state index is 10.4. The molecule has 0 spiro atoms. The van der Waals surface area contributed by atoms with Gasteiger partial charge in [-0.3, -0.25) is 9.55 Å². The molecule has 0 fully saturated rings. The molecule has 0 amide bonds. The number of hydrogen-bond acceptors (Lipinski definition) is 3. The first-order valence-corrected chi connectivity index (χ1v) is 10.9. The van der Waals surface area contributed by atoms with Crippen LogP contribution in [0.4, 0.5) is 0 Å². The van der Waals surface area contributed by atoms with Gasteiger partial charge in [0.2, 0.25) is 0 Å². The van der Waals surface area contributed by atoms with E-state index in [9.17, 15) is 5.11 Å². The molecule has 0 aliphatic carbocycles. The van der Waals surface area contributed by atoms with Crippen LogP contribution in [-0.4, -0.2) is 19.6 Å². The van der Waals surface area contributed by atoms with Gasteiger partial charge < -0.3 is 5.11 Å². The molecule has 3 aromatic carbocycles. The Morgan fingerprint density at radius 2 is 1.55 bits per heavy atom. The lowest BCUT2D eigenvalue weighted by atomic mass is 10.1. The number of phenolic OH excluding ortho intramolecular Hbond substituents is 1. The zero-order valence-corrected chi connectivity index (χ0v) is 18.1. The van der Waals surface area contributed by atoms with Crippen molar-refractivity contribution in [1.29, 1.82) is 0 Å². The number of rotatable bonds is 3. The highest BCUT2D eigenvalue weighted by molar-refractivity contribution is 6.08. The lowest BCUT2D eigenvalue weighted by molar-refractivity contribution is 0.477. The van der Waals surface area contributed by atoms with Crippen molar-refractivity contribution in [1.82, 2.24) is 14.5 Å². The average molecular weight is 428 g/mol. The predicted molar refractivity (Wildman–Crippen MR) is 134 cm³/mol. The van der Waals surface area contributed by atoms with Crippen molar-refractivity contribution in [2.45, 2.75) is 6.92 Å². The normalized spacial score (nSPS) is 11.3. The molecule has 0 bridgehead atoms. The van der Waals surface area contributed by atoms with Gasteiger partial charge in [-0.1, -0.05) is 36.4 Å². The summed E-state index contributed by atoms with van der Waals surface area (Å²) in [6.07, 6.45) is 1.82. The number of aryl methyl sites for hydroxylation is 1. The summed E-state index contributed by atoms with van der Waals surface area (Å²) in [5.41, 5.74) is 7.58. The minimum Gasteiger partial charge on any atom is -0.507 e. The molecule has 3 aromatic heterocycles. The fourth-order valence-corrected chi connectivity index (χ4v) is 4.51. The average Bonchev–Trinajstić information content (AvgIpc) is 3.18. The molecule has 0 aliphatic rings. The molecule has 3 heterocycles. The van der Waals surface area contributed by atoms with E-state index in [4.69, 9.17) is 4.98 Å². The fourth-order valence-electron chi connectivity index (χ4n) is 4.51. The maximum Gasteiger partial charge on any atom is 0.146 e. The van der Waals surface area contributed by atoms with E-state index in [0.29, 0.717) is 0 Å². The van der Waals surface area contributed by atoms with Crippen LogP contribution in [-0.2, 0) is 0 Å². The predicted octanol–water partition coefficient (Wildman–Crippen LogP) is 6.92. The van der Waals surface area contributed by atoms with Crippen molar-refractivity contribution in [2.24, 2.45) is 0 Å². The summed E-state index contributed by atoms with van der Waals surface area (Å²) in [6.45, 7) is 2.10. The molecule has 6 rings (SSSR count). The highest BCUT2D eigenvalue weighted by Gasteiger charge is 2.16. The lowest BCUT2D eigenvalue weighted by Crippen LogP contribution is -1.98. The van der Waals surface area contributed by atoms with E-state index in [1.165, 1.54) is 0 Å². The van der Waals surface area contributed by atoms with Gasteiger partial charge in [0.15, 0.2) is 0 Å². The zero-order valence-electron chi connectivity index (χ0n) is 18.1. The van der Waals surface area contributed by atoms with Gasteiger partial charge in [0, 0.05) is 33.8 Å². The smallest absolute Gasteiger partial charge is 0.146 e. The van der Waals surface area contributed by atoms with Crippen LogP contribution in [0.15, 0.2) is 103 Å². The Morgan fingerprint density at radius 1 is 0.727 bits per heavy atom. The summed E-state index contributed by atoms with van der Waals surface area (Å²) >= 11 is 0. The van der Waals surface area contributed by atoms with Crippen LogP contribution in [0.2, 0.25) is 0 Å². The molecule has 4 heteroatoms. The number of pyridine rings is 2. The summed E-state index contributed by atoms with van der Waals surface area (Å²) in [4.78, 5) is 9.59. The molecule has 4 nitrogen and oxygen atoms in total. The first-order chi connectivity index (χ1) is 16.2. The molecule has 0 unspecified atom stereocenters. The Labute approximate surface area is 191 Å². The van der Waals surface area contributed by atoms with Crippen LogP contribution >= 0.6 is 0 Å². The molecule has 0 atom stereocenters. The number of phenols is 1. The zero-order chi connectivity index (χ0) is 22.4. The van der Waals surface area contributed by atoms with Crippen LogP contribution in [0, 0.1) is 6.92 Å². The molecule has 33 heavy (non-hydrogen) atoms. The summed E-state index contributed by atoms with van der Waals surface area (Å²) in [7, 11) is 0. The Morgan fingerprint density at radius 3 is 2.39 bits per heavy atom. The summed E-state index contributed by atoms with van der Waals surface area (Å²) in [5, 5.41) is 12.6. The second-order valence-corrected chi connectivity index (χ2v) is 8.21. The van der Waals surface area contributed by atoms with Gasteiger partial charge in [-0.15, -0.1) is 0 Å². The first-order valence-electron chi connectivity index (χ1n) is 10.9. The summed E-state index contributed by atoms with van der Waals surface area (Å²) < 4.78 is 2.20. The number of benzene rings is 3.